The molecule has 1 aromatic carbocycles. The van der Waals surface area contributed by atoms with Gasteiger partial charge >= 0.3 is 0 Å². The minimum Gasteiger partial charge on any atom is -0.496 e. The van der Waals surface area contributed by atoms with E-state index in [9.17, 15) is 4.79 Å². The molecule has 6 nitrogen and oxygen atoms in total. The van der Waals surface area contributed by atoms with Crippen molar-refractivity contribution in [3.63, 3.8) is 0 Å². The Morgan fingerprint density at radius 3 is 3.08 bits per heavy atom. The van der Waals surface area contributed by atoms with Crippen LogP contribution in [-0.2, 0) is 23.3 Å². The van der Waals surface area contributed by atoms with E-state index in [4.69, 9.17) is 10.5 Å². The van der Waals surface area contributed by atoms with E-state index in [-0.39, 0.29) is 5.91 Å². The van der Waals surface area contributed by atoms with Gasteiger partial charge in [0.25, 0.3) is 0 Å². The van der Waals surface area contributed by atoms with Crippen molar-refractivity contribution in [3.8, 4) is 5.75 Å². The fraction of sp³-hybridized carbons (Fsp3) is 0.444. The molecule has 6 heteroatoms. The lowest BCUT2D eigenvalue weighted by Gasteiger charge is -2.24. The van der Waals surface area contributed by atoms with E-state index in [0.29, 0.717) is 12.1 Å². The Labute approximate surface area is 141 Å². The highest BCUT2D eigenvalue weighted by atomic mass is 16.5. The summed E-state index contributed by atoms with van der Waals surface area (Å²) in [5.74, 6) is 1.34. The highest BCUT2D eigenvalue weighted by molar-refractivity contribution is 5.99. The molecule has 1 aromatic heterocycles. The molecule has 2 aromatic rings. The standard InChI is InChI=1S/C18H22N4O2/c1-24-16-4-2-3-15-14(16)7-8-18(15,19)17(23)21-13-9-20-22(11-13)10-12-5-6-12/h2-4,9,11-12H,5-8,10,19H2,1H3,(H,21,23). The smallest absolute Gasteiger partial charge is 0.249 e. The zero-order valence-electron chi connectivity index (χ0n) is 13.8. The van der Waals surface area contributed by atoms with Crippen LogP contribution in [0.5, 0.6) is 5.75 Å². The number of fused-ring (bicyclic) bond motifs is 1. The van der Waals surface area contributed by atoms with E-state index in [1.807, 2.05) is 29.1 Å². The average Bonchev–Trinajstić information content (AvgIpc) is 3.18. The van der Waals surface area contributed by atoms with Crippen molar-refractivity contribution >= 4 is 11.6 Å². The summed E-state index contributed by atoms with van der Waals surface area (Å²) in [6, 6.07) is 5.71. The molecule has 1 unspecified atom stereocenters. The molecule has 0 aliphatic heterocycles. The number of nitrogens with one attached hydrogen (secondary N) is 1. The van der Waals surface area contributed by atoms with Gasteiger partial charge in [0.1, 0.15) is 11.3 Å². The number of ether oxygens (including phenoxy) is 1. The molecular formula is C18H22N4O2. The Morgan fingerprint density at radius 2 is 2.33 bits per heavy atom. The van der Waals surface area contributed by atoms with Crippen LogP contribution in [0.4, 0.5) is 5.69 Å². The van der Waals surface area contributed by atoms with Gasteiger partial charge in [-0.2, -0.15) is 5.10 Å². The minimum atomic E-state index is -1.03. The molecule has 126 valence electrons. The van der Waals surface area contributed by atoms with Crippen molar-refractivity contribution in [2.45, 2.75) is 37.8 Å². The lowest BCUT2D eigenvalue weighted by molar-refractivity contribution is -0.121. The minimum absolute atomic E-state index is 0.194. The van der Waals surface area contributed by atoms with Crippen LogP contribution in [0.1, 0.15) is 30.4 Å². The van der Waals surface area contributed by atoms with E-state index < -0.39 is 5.54 Å². The molecule has 24 heavy (non-hydrogen) atoms. The van der Waals surface area contributed by atoms with Crippen LogP contribution in [-0.4, -0.2) is 22.8 Å². The molecule has 1 fully saturated rings. The first kappa shape index (κ1) is 15.2. The van der Waals surface area contributed by atoms with Crippen LogP contribution in [0.2, 0.25) is 0 Å². The molecule has 0 bridgehead atoms. The maximum absolute atomic E-state index is 12.8. The molecule has 2 aliphatic rings. The van der Waals surface area contributed by atoms with Gasteiger partial charge in [0.05, 0.1) is 19.0 Å². The van der Waals surface area contributed by atoms with Gasteiger partial charge < -0.3 is 15.8 Å². The topological polar surface area (TPSA) is 82.2 Å². The molecule has 0 spiro atoms. The highest BCUT2D eigenvalue weighted by Gasteiger charge is 2.43. The molecular weight excluding hydrogens is 304 g/mol. The molecule has 4 rings (SSSR count). The van der Waals surface area contributed by atoms with Gasteiger partial charge in [-0.15, -0.1) is 0 Å². The van der Waals surface area contributed by atoms with Gasteiger partial charge in [-0.05, 0) is 48.8 Å². The van der Waals surface area contributed by atoms with Crippen molar-refractivity contribution in [2.24, 2.45) is 11.7 Å². The van der Waals surface area contributed by atoms with E-state index >= 15 is 0 Å². The van der Waals surface area contributed by atoms with Crippen molar-refractivity contribution in [1.82, 2.24) is 9.78 Å². The normalized spacial score (nSPS) is 22.2. The molecule has 1 saturated carbocycles. The van der Waals surface area contributed by atoms with Crippen molar-refractivity contribution in [2.75, 3.05) is 12.4 Å². The summed E-state index contributed by atoms with van der Waals surface area (Å²) in [4.78, 5) is 12.8. The Bertz CT molecular complexity index is 781. The number of benzene rings is 1. The predicted octanol–water partition coefficient (Wildman–Crippen LogP) is 2.04. The lowest BCUT2D eigenvalue weighted by atomic mass is 9.92. The maximum atomic E-state index is 12.8. The number of carbonyl (C=O) groups excluding carboxylic acids is 1. The number of anilines is 1. The number of aromatic nitrogens is 2. The van der Waals surface area contributed by atoms with E-state index in [1.165, 1.54) is 12.8 Å². The third-order valence-corrected chi connectivity index (χ3v) is 5.04. The Morgan fingerprint density at radius 1 is 1.50 bits per heavy atom. The van der Waals surface area contributed by atoms with Gasteiger partial charge in [0.15, 0.2) is 0 Å². The van der Waals surface area contributed by atoms with E-state index in [1.54, 1.807) is 13.3 Å². The molecule has 1 amide bonds. The lowest BCUT2D eigenvalue weighted by Crippen LogP contribution is -2.46. The number of amides is 1. The Balaban J connectivity index is 1.53. The van der Waals surface area contributed by atoms with Gasteiger partial charge in [-0.25, -0.2) is 0 Å². The molecule has 1 atom stereocenters. The highest BCUT2D eigenvalue weighted by Crippen LogP contribution is 2.40. The van der Waals surface area contributed by atoms with Crippen molar-refractivity contribution in [1.29, 1.82) is 0 Å². The first-order valence-electron chi connectivity index (χ1n) is 8.39. The molecule has 1 heterocycles. The number of carbonyl (C=O) groups is 1. The SMILES string of the molecule is COc1cccc2c1CCC2(N)C(=O)Nc1cnn(CC2CC2)c1. The second-order valence-corrected chi connectivity index (χ2v) is 6.81. The van der Waals surface area contributed by atoms with Gasteiger partial charge in [-0.3, -0.25) is 9.48 Å². The second kappa shape index (κ2) is 5.63. The summed E-state index contributed by atoms with van der Waals surface area (Å²) in [5.41, 5.74) is 8.04. The second-order valence-electron chi connectivity index (χ2n) is 6.81. The fourth-order valence-electron chi connectivity index (χ4n) is 3.46. The number of rotatable bonds is 5. The number of hydrogen-bond acceptors (Lipinski definition) is 4. The first-order valence-corrected chi connectivity index (χ1v) is 8.39. The summed E-state index contributed by atoms with van der Waals surface area (Å²) < 4.78 is 7.28. The summed E-state index contributed by atoms with van der Waals surface area (Å²) in [7, 11) is 1.64. The largest absolute Gasteiger partial charge is 0.496 e. The molecule has 0 radical (unpaired) electrons. The molecule has 3 N–H and O–H groups in total. The number of nitrogens with zero attached hydrogens (tertiary/aromatic N) is 2. The van der Waals surface area contributed by atoms with Crippen molar-refractivity contribution < 1.29 is 9.53 Å². The monoisotopic (exact) mass is 326 g/mol. The molecule has 2 aliphatic carbocycles. The van der Waals surface area contributed by atoms with Crippen LogP contribution in [0.25, 0.3) is 0 Å². The number of methoxy groups -OCH3 is 1. The van der Waals surface area contributed by atoms with Gasteiger partial charge in [0, 0.05) is 12.7 Å². The third kappa shape index (κ3) is 2.57. The van der Waals surface area contributed by atoms with Crippen molar-refractivity contribution in [3.05, 3.63) is 41.7 Å². The summed E-state index contributed by atoms with van der Waals surface area (Å²) >= 11 is 0. The maximum Gasteiger partial charge on any atom is 0.249 e. The predicted molar refractivity (Wildman–Crippen MR) is 90.8 cm³/mol. The third-order valence-electron chi connectivity index (χ3n) is 5.04. The van der Waals surface area contributed by atoms with E-state index in [2.05, 4.69) is 10.4 Å². The first-order chi connectivity index (χ1) is 11.6. The quantitative estimate of drug-likeness (QED) is 0.881. The number of nitrogens with two attached hydrogens (primary N) is 1. The summed E-state index contributed by atoms with van der Waals surface area (Å²) in [6.45, 7) is 0.920. The van der Waals surface area contributed by atoms with Crippen LogP contribution in [0.3, 0.4) is 0 Å². The Hall–Kier alpha value is -2.34. The zero-order chi connectivity index (χ0) is 16.7. The van der Waals surface area contributed by atoms with E-state index in [0.717, 1.165) is 35.8 Å². The van der Waals surface area contributed by atoms with Crippen LogP contribution in [0, 0.1) is 5.92 Å². The van der Waals surface area contributed by atoms with Crippen LogP contribution < -0.4 is 15.8 Å². The molecule has 0 saturated heterocycles. The van der Waals surface area contributed by atoms with Gasteiger partial charge in [-0.1, -0.05) is 12.1 Å². The van der Waals surface area contributed by atoms with Gasteiger partial charge in [0.2, 0.25) is 5.91 Å². The van der Waals surface area contributed by atoms with Crippen LogP contribution in [0.15, 0.2) is 30.6 Å². The fourth-order valence-corrected chi connectivity index (χ4v) is 3.46. The summed E-state index contributed by atoms with van der Waals surface area (Å²) in [5, 5.41) is 7.24. The summed E-state index contributed by atoms with van der Waals surface area (Å²) in [6.07, 6.45) is 7.42. The average molecular weight is 326 g/mol. The zero-order valence-corrected chi connectivity index (χ0v) is 13.8. The Kier molecular flexibility index (Phi) is 3.57. The number of hydrogen-bond donors (Lipinski definition) is 2. The van der Waals surface area contributed by atoms with Crippen LogP contribution >= 0.6 is 0 Å².